The lowest BCUT2D eigenvalue weighted by Gasteiger charge is -2.10. The second kappa shape index (κ2) is 11.6. The SMILES string of the molecule is O=C(NCCCCc1cccnc1)c1ccc(-c2cccc(OC3=CC=CC=CC3)c2)cc1. The highest BCUT2D eigenvalue weighted by Crippen LogP contribution is 2.26. The summed E-state index contributed by atoms with van der Waals surface area (Å²) in [5, 5.41) is 3.01. The van der Waals surface area contributed by atoms with Gasteiger partial charge in [-0.05, 0) is 72.4 Å². The average molecular weight is 437 g/mol. The summed E-state index contributed by atoms with van der Waals surface area (Å²) in [6.45, 7) is 0.667. The Labute approximate surface area is 195 Å². The van der Waals surface area contributed by atoms with Crippen molar-refractivity contribution in [3.8, 4) is 16.9 Å². The van der Waals surface area contributed by atoms with Crippen LogP contribution in [0.4, 0.5) is 0 Å². The average Bonchev–Trinajstić information content (AvgIpc) is 3.13. The number of nitrogens with one attached hydrogen (secondary N) is 1. The lowest BCUT2D eigenvalue weighted by Crippen LogP contribution is -2.24. The molecular weight excluding hydrogens is 408 g/mol. The second-order valence-corrected chi connectivity index (χ2v) is 7.93. The second-order valence-electron chi connectivity index (χ2n) is 7.93. The molecule has 1 aliphatic rings. The smallest absolute Gasteiger partial charge is 0.251 e. The third-order valence-electron chi connectivity index (χ3n) is 5.42. The van der Waals surface area contributed by atoms with E-state index in [-0.39, 0.29) is 5.91 Å². The number of aryl methyl sites for hydroxylation is 1. The van der Waals surface area contributed by atoms with E-state index in [1.54, 1.807) is 6.20 Å². The molecule has 2 aromatic carbocycles. The van der Waals surface area contributed by atoms with Gasteiger partial charge in [0.2, 0.25) is 0 Å². The molecule has 0 aliphatic heterocycles. The van der Waals surface area contributed by atoms with Gasteiger partial charge in [0.25, 0.3) is 5.91 Å². The van der Waals surface area contributed by atoms with Gasteiger partial charge in [-0.15, -0.1) is 0 Å². The lowest BCUT2D eigenvalue weighted by atomic mass is 10.0. The highest BCUT2D eigenvalue weighted by Gasteiger charge is 2.07. The van der Waals surface area contributed by atoms with Crippen molar-refractivity contribution in [3.05, 3.63) is 120 Å². The van der Waals surface area contributed by atoms with E-state index in [1.807, 2.05) is 85.1 Å². The number of pyridine rings is 1. The number of benzene rings is 2. The highest BCUT2D eigenvalue weighted by atomic mass is 16.5. The van der Waals surface area contributed by atoms with E-state index in [9.17, 15) is 4.79 Å². The minimum absolute atomic E-state index is 0.0403. The molecule has 3 aromatic rings. The number of rotatable bonds is 9. The van der Waals surface area contributed by atoms with E-state index in [4.69, 9.17) is 4.74 Å². The van der Waals surface area contributed by atoms with Crippen LogP contribution in [0.2, 0.25) is 0 Å². The van der Waals surface area contributed by atoms with Crippen LogP contribution in [0.15, 0.2) is 109 Å². The molecule has 4 rings (SSSR count). The van der Waals surface area contributed by atoms with Crippen molar-refractivity contribution in [2.75, 3.05) is 6.54 Å². The van der Waals surface area contributed by atoms with E-state index < -0.39 is 0 Å². The molecule has 0 radical (unpaired) electrons. The molecule has 1 N–H and O–H groups in total. The summed E-state index contributed by atoms with van der Waals surface area (Å²) in [5.41, 5.74) is 3.99. The van der Waals surface area contributed by atoms with Gasteiger partial charge in [0.1, 0.15) is 11.5 Å². The standard InChI is InChI=1S/C29H28N2O2/c32-29(31-20-6-5-9-23-10-8-19-30-22-23)25-17-15-24(16-18-25)26-11-7-14-28(21-26)33-27-12-3-1-2-4-13-27/h1-4,7-8,10-12,14-19,21-22H,5-6,9,13,20H2,(H,31,32). The minimum Gasteiger partial charge on any atom is -0.461 e. The Bertz CT molecular complexity index is 1150. The normalized spacial score (nSPS) is 12.7. The maximum absolute atomic E-state index is 12.5. The number of hydrogen-bond donors (Lipinski definition) is 1. The Balaban J connectivity index is 1.28. The van der Waals surface area contributed by atoms with Crippen LogP contribution in [-0.2, 0) is 6.42 Å². The van der Waals surface area contributed by atoms with Crippen molar-refractivity contribution >= 4 is 5.91 Å². The van der Waals surface area contributed by atoms with Crippen molar-refractivity contribution in [3.63, 3.8) is 0 Å². The van der Waals surface area contributed by atoms with Crippen LogP contribution in [-0.4, -0.2) is 17.4 Å². The van der Waals surface area contributed by atoms with E-state index >= 15 is 0 Å². The number of nitrogens with zero attached hydrogens (tertiary/aromatic N) is 1. The first-order valence-electron chi connectivity index (χ1n) is 11.4. The van der Waals surface area contributed by atoms with Gasteiger partial charge in [-0.25, -0.2) is 0 Å². The molecule has 0 unspecified atom stereocenters. The van der Waals surface area contributed by atoms with Gasteiger partial charge in [0, 0.05) is 30.9 Å². The van der Waals surface area contributed by atoms with Crippen molar-refractivity contribution in [2.24, 2.45) is 0 Å². The van der Waals surface area contributed by atoms with E-state index in [0.29, 0.717) is 12.1 Å². The van der Waals surface area contributed by atoms with Crippen LogP contribution in [0.3, 0.4) is 0 Å². The molecule has 4 nitrogen and oxygen atoms in total. The van der Waals surface area contributed by atoms with Crippen molar-refractivity contribution in [1.29, 1.82) is 0 Å². The quantitative estimate of drug-likeness (QED) is 0.402. The predicted molar refractivity (Wildman–Crippen MR) is 133 cm³/mol. The summed E-state index contributed by atoms with van der Waals surface area (Å²) in [4.78, 5) is 16.6. The third-order valence-corrected chi connectivity index (χ3v) is 5.42. The van der Waals surface area contributed by atoms with Gasteiger partial charge < -0.3 is 10.1 Å². The summed E-state index contributed by atoms with van der Waals surface area (Å²) >= 11 is 0. The lowest BCUT2D eigenvalue weighted by molar-refractivity contribution is 0.0953. The maximum Gasteiger partial charge on any atom is 0.251 e. The molecule has 0 atom stereocenters. The van der Waals surface area contributed by atoms with Crippen molar-refractivity contribution < 1.29 is 9.53 Å². The molecule has 1 heterocycles. The number of carbonyl (C=O) groups is 1. The minimum atomic E-state index is -0.0403. The first-order chi connectivity index (χ1) is 16.3. The molecular formula is C29H28N2O2. The summed E-state index contributed by atoms with van der Waals surface area (Å²) in [7, 11) is 0. The first-order valence-corrected chi connectivity index (χ1v) is 11.4. The number of hydrogen-bond acceptors (Lipinski definition) is 3. The molecule has 4 heteroatoms. The van der Waals surface area contributed by atoms with E-state index in [0.717, 1.165) is 48.3 Å². The van der Waals surface area contributed by atoms with Crippen LogP contribution in [0, 0.1) is 0 Å². The first kappa shape index (κ1) is 22.3. The summed E-state index contributed by atoms with van der Waals surface area (Å²) < 4.78 is 6.04. The zero-order valence-corrected chi connectivity index (χ0v) is 18.6. The number of carbonyl (C=O) groups excluding carboxylic acids is 1. The maximum atomic E-state index is 12.5. The fraction of sp³-hybridized carbons (Fsp3) is 0.172. The molecule has 166 valence electrons. The molecule has 0 bridgehead atoms. The highest BCUT2D eigenvalue weighted by molar-refractivity contribution is 5.94. The van der Waals surface area contributed by atoms with Gasteiger partial charge in [-0.1, -0.05) is 54.6 Å². The Kier molecular flexibility index (Phi) is 7.85. The van der Waals surface area contributed by atoms with Crippen LogP contribution in [0.5, 0.6) is 5.75 Å². The number of allylic oxidation sites excluding steroid dienone is 5. The Morgan fingerprint density at radius 3 is 2.70 bits per heavy atom. The monoisotopic (exact) mass is 436 g/mol. The topological polar surface area (TPSA) is 51.2 Å². The number of unbranched alkanes of at least 4 members (excludes halogenated alkanes) is 1. The fourth-order valence-corrected chi connectivity index (χ4v) is 3.64. The summed E-state index contributed by atoms with van der Waals surface area (Å²) in [5.74, 6) is 1.67. The van der Waals surface area contributed by atoms with Crippen LogP contribution in [0.1, 0.15) is 35.2 Å². The summed E-state index contributed by atoms with van der Waals surface area (Å²) in [6.07, 6.45) is 17.4. The largest absolute Gasteiger partial charge is 0.461 e. The van der Waals surface area contributed by atoms with Gasteiger partial charge in [0.05, 0.1) is 0 Å². The number of amides is 1. The summed E-state index contributed by atoms with van der Waals surface area (Å²) in [6, 6.07) is 19.8. The molecule has 1 aromatic heterocycles. The molecule has 0 saturated heterocycles. The van der Waals surface area contributed by atoms with Gasteiger partial charge >= 0.3 is 0 Å². The van der Waals surface area contributed by atoms with Crippen LogP contribution in [0.25, 0.3) is 11.1 Å². The fourth-order valence-electron chi connectivity index (χ4n) is 3.64. The zero-order valence-electron chi connectivity index (χ0n) is 18.6. The van der Waals surface area contributed by atoms with Gasteiger partial charge in [-0.2, -0.15) is 0 Å². The zero-order chi connectivity index (χ0) is 22.7. The number of aromatic nitrogens is 1. The van der Waals surface area contributed by atoms with Crippen LogP contribution >= 0.6 is 0 Å². The van der Waals surface area contributed by atoms with E-state index in [1.165, 1.54) is 5.56 Å². The molecule has 0 saturated carbocycles. The Morgan fingerprint density at radius 1 is 0.939 bits per heavy atom. The molecule has 1 amide bonds. The van der Waals surface area contributed by atoms with Gasteiger partial charge in [0.15, 0.2) is 0 Å². The predicted octanol–water partition coefficient (Wildman–Crippen LogP) is 6.28. The Hall–Kier alpha value is -3.92. The molecule has 0 spiro atoms. The Morgan fingerprint density at radius 2 is 1.85 bits per heavy atom. The van der Waals surface area contributed by atoms with E-state index in [2.05, 4.69) is 22.4 Å². The third kappa shape index (κ3) is 6.78. The van der Waals surface area contributed by atoms with Crippen LogP contribution < -0.4 is 10.1 Å². The molecule has 33 heavy (non-hydrogen) atoms. The van der Waals surface area contributed by atoms with Crippen molar-refractivity contribution in [2.45, 2.75) is 25.7 Å². The molecule has 0 fully saturated rings. The van der Waals surface area contributed by atoms with Gasteiger partial charge in [-0.3, -0.25) is 9.78 Å². The van der Waals surface area contributed by atoms with Crippen molar-refractivity contribution in [1.82, 2.24) is 10.3 Å². The molecule has 1 aliphatic carbocycles. The number of ether oxygens (including phenoxy) is 1.